The predicted octanol–water partition coefficient (Wildman–Crippen LogP) is 5.13. The van der Waals surface area contributed by atoms with Crippen LogP contribution in [-0.2, 0) is 15.0 Å². The van der Waals surface area contributed by atoms with Gasteiger partial charge < -0.3 is 4.74 Å². The van der Waals surface area contributed by atoms with Gasteiger partial charge in [-0.3, -0.25) is 14.5 Å². The lowest BCUT2D eigenvalue weighted by molar-refractivity contribution is -0.123. The van der Waals surface area contributed by atoms with Crippen LogP contribution in [0.1, 0.15) is 62.4 Å². The minimum atomic E-state index is -0.506. The highest BCUT2D eigenvalue weighted by molar-refractivity contribution is 6.22. The summed E-state index contributed by atoms with van der Waals surface area (Å²) >= 11 is 0. The maximum Gasteiger partial charge on any atom is 0.343 e. The van der Waals surface area contributed by atoms with Gasteiger partial charge in [0.05, 0.1) is 23.1 Å². The Morgan fingerprint density at radius 3 is 2.22 bits per heavy atom. The summed E-state index contributed by atoms with van der Waals surface area (Å²) in [4.78, 5) is 40.3. The van der Waals surface area contributed by atoms with Crippen molar-refractivity contribution in [2.45, 2.75) is 51.9 Å². The van der Waals surface area contributed by atoms with Crippen LogP contribution in [-0.4, -0.2) is 17.8 Å². The normalized spacial score (nSPS) is 26.5. The number of hydrogen-bond acceptors (Lipinski definition) is 4. The van der Waals surface area contributed by atoms with Crippen LogP contribution in [0.15, 0.2) is 48.5 Å². The van der Waals surface area contributed by atoms with Gasteiger partial charge >= 0.3 is 5.97 Å². The molecule has 3 fully saturated rings. The van der Waals surface area contributed by atoms with E-state index in [0.29, 0.717) is 28.8 Å². The molecule has 2 aromatic carbocycles. The molecule has 0 spiro atoms. The summed E-state index contributed by atoms with van der Waals surface area (Å²) in [6.07, 6.45) is 4.09. The van der Waals surface area contributed by atoms with Crippen molar-refractivity contribution >= 4 is 23.5 Å². The third-order valence-electron chi connectivity index (χ3n) is 8.00. The Kier molecular flexibility index (Phi) is 4.95. The van der Waals surface area contributed by atoms with Gasteiger partial charge in [0.15, 0.2) is 0 Å². The maximum atomic E-state index is 13.1. The highest BCUT2D eigenvalue weighted by Crippen LogP contribution is 2.56. The molecule has 1 heterocycles. The Balaban J connectivity index is 1.34. The molecule has 2 aliphatic carbocycles. The van der Waals surface area contributed by atoms with Crippen molar-refractivity contribution in [1.82, 2.24) is 0 Å². The third-order valence-corrected chi connectivity index (χ3v) is 8.00. The van der Waals surface area contributed by atoms with E-state index in [9.17, 15) is 14.4 Å². The van der Waals surface area contributed by atoms with Gasteiger partial charge in [-0.15, -0.1) is 0 Å². The largest absolute Gasteiger partial charge is 0.423 e. The van der Waals surface area contributed by atoms with Gasteiger partial charge in [-0.1, -0.05) is 39.0 Å². The van der Waals surface area contributed by atoms with E-state index in [-0.39, 0.29) is 29.1 Å². The number of hydrogen-bond donors (Lipinski definition) is 0. The van der Waals surface area contributed by atoms with Crippen molar-refractivity contribution in [3.8, 4) is 5.75 Å². The molecule has 2 aromatic rings. The zero-order valence-corrected chi connectivity index (χ0v) is 18.8. The van der Waals surface area contributed by atoms with Gasteiger partial charge in [-0.25, -0.2) is 4.79 Å². The van der Waals surface area contributed by atoms with Crippen LogP contribution in [0.2, 0.25) is 0 Å². The maximum absolute atomic E-state index is 13.1. The fraction of sp³-hybridized carbons (Fsp3) is 0.444. The molecule has 2 bridgehead atoms. The van der Waals surface area contributed by atoms with Gasteiger partial charge in [0, 0.05) is 0 Å². The quantitative estimate of drug-likeness (QED) is 0.374. The van der Waals surface area contributed by atoms with Crippen LogP contribution in [0.25, 0.3) is 0 Å². The summed E-state index contributed by atoms with van der Waals surface area (Å²) in [5.41, 5.74) is 2.03. The Morgan fingerprint density at radius 2 is 1.62 bits per heavy atom. The number of imide groups is 1. The lowest BCUT2D eigenvalue weighted by Gasteiger charge is -2.23. The molecule has 4 unspecified atom stereocenters. The summed E-state index contributed by atoms with van der Waals surface area (Å²) in [5.74, 6) is 0.0638. The zero-order chi connectivity index (χ0) is 22.6. The summed E-state index contributed by atoms with van der Waals surface area (Å²) in [7, 11) is 0. The van der Waals surface area contributed by atoms with E-state index < -0.39 is 5.97 Å². The minimum Gasteiger partial charge on any atom is -0.423 e. The number of amides is 2. The predicted molar refractivity (Wildman–Crippen MR) is 121 cm³/mol. The molecule has 0 aromatic heterocycles. The Hall–Kier alpha value is -2.95. The van der Waals surface area contributed by atoms with Gasteiger partial charge in [-0.05, 0) is 78.8 Å². The van der Waals surface area contributed by atoms with Crippen molar-refractivity contribution < 1.29 is 19.1 Å². The number of carbonyl (C=O) groups excluding carboxylic acids is 3. The molecule has 0 N–H and O–H groups in total. The van der Waals surface area contributed by atoms with Crippen LogP contribution in [0, 0.1) is 23.7 Å². The molecule has 4 atom stereocenters. The third kappa shape index (κ3) is 3.26. The second-order valence-corrected chi connectivity index (χ2v) is 10.1. The average molecular weight is 432 g/mol. The smallest absolute Gasteiger partial charge is 0.343 e. The highest BCUT2D eigenvalue weighted by Gasteiger charge is 2.61. The fourth-order valence-corrected chi connectivity index (χ4v) is 5.78. The molecule has 1 saturated heterocycles. The average Bonchev–Trinajstić information content (AvgIpc) is 3.48. The monoisotopic (exact) mass is 431 g/mol. The first kappa shape index (κ1) is 20.9. The summed E-state index contributed by atoms with van der Waals surface area (Å²) in [5, 5.41) is 0. The SMILES string of the molecule is CCC(C)(C)c1ccc(OC(=O)c2cccc(N3C(=O)C4C5CCC(C5)C4C3=O)c2)cc1. The number of carbonyl (C=O) groups is 3. The van der Waals surface area contributed by atoms with Crippen molar-refractivity contribution in [2.24, 2.45) is 23.7 Å². The molecular formula is C27H29NO4. The van der Waals surface area contributed by atoms with Crippen LogP contribution in [0.5, 0.6) is 5.75 Å². The molecule has 2 saturated carbocycles. The molecule has 5 rings (SSSR count). The van der Waals surface area contributed by atoms with E-state index in [4.69, 9.17) is 4.74 Å². The first-order valence-corrected chi connectivity index (χ1v) is 11.6. The van der Waals surface area contributed by atoms with E-state index in [1.165, 1.54) is 10.5 Å². The molecule has 5 heteroatoms. The molecule has 5 nitrogen and oxygen atoms in total. The molecule has 32 heavy (non-hydrogen) atoms. The standard InChI is InChI=1S/C27H29NO4/c1-4-27(2,3)19-10-12-21(13-11-19)32-26(31)18-6-5-7-20(15-18)28-24(29)22-16-8-9-17(14-16)23(22)25(28)30/h5-7,10-13,15-17,22-23H,4,8-9,14H2,1-3H3. The first-order valence-electron chi connectivity index (χ1n) is 11.6. The molecular weight excluding hydrogens is 402 g/mol. The minimum absolute atomic E-state index is 0.0590. The number of fused-ring (bicyclic) bond motifs is 5. The van der Waals surface area contributed by atoms with Crippen LogP contribution >= 0.6 is 0 Å². The van der Waals surface area contributed by atoms with Crippen LogP contribution < -0.4 is 9.64 Å². The number of nitrogens with zero attached hydrogens (tertiary/aromatic N) is 1. The molecule has 166 valence electrons. The van der Waals surface area contributed by atoms with Gasteiger partial charge in [0.25, 0.3) is 0 Å². The first-order chi connectivity index (χ1) is 15.3. The van der Waals surface area contributed by atoms with Gasteiger partial charge in [-0.2, -0.15) is 0 Å². The van der Waals surface area contributed by atoms with Gasteiger partial charge in [0.1, 0.15) is 5.75 Å². The van der Waals surface area contributed by atoms with E-state index >= 15 is 0 Å². The summed E-state index contributed by atoms with van der Waals surface area (Å²) in [6.45, 7) is 6.51. The van der Waals surface area contributed by atoms with Crippen molar-refractivity contribution in [3.63, 3.8) is 0 Å². The summed E-state index contributed by atoms with van der Waals surface area (Å²) < 4.78 is 5.56. The molecule has 2 amide bonds. The fourth-order valence-electron chi connectivity index (χ4n) is 5.78. The van der Waals surface area contributed by atoms with E-state index in [2.05, 4.69) is 20.8 Å². The van der Waals surface area contributed by atoms with Crippen molar-refractivity contribution in [2.75, 3.05) is 4.90 Å². The zero-order valence-electron chi connectivity index (χ0n) is 18.8. The highest BCUT2D eigenvalue weighted by atomic mass is 16.5. The van der Waals surface area contributed by atoms with Gasteiger partial charge in [0.2, 0.25) is 11.8 Å². The summed E-state index contributed by atoms with van der Waals surface area (Å²) in [6, 6.07) is 14.2. The topological polar surface area (TPSA) is 63.7 Å². The van der Waals surface area contributed by atoms with Crippen LogP contribution in [0.4, 0.5) is 5.69 Å². The Bertz CT molecular complexity index is 1060. The molecule has 1 aliphatic heterocycles. The molecule has 0 radical (unpaired) electrons. The lowest BCUT2D eigenvalue weighted by atomic mass is 9.81. The second-order valence-electron chi connectivity index (χ2n) is 10.1. The van der Waals surface area contributed by atoms with E-state index in [1.807, 2.05) is 12.1 Å². The Morgan fingerprint density at radius 1 is 1.00 bits per heavy atom. The second kappa shape index (κ2) is 7.58. The number of anilines is 1. The van der Waals surface area contributed by atoms with Crippen molar-refractivity contribution in [3.05, 3.63) is 59.7 Å². The van der Waals surface area contributed by atoms with E-state index in [0.717, 1.165) is 25.7 Å². The van der Waals surface area contributed by atoms with Crippen molar-refractivity contribution in [1.29, 1.82) is 0 Å². The molecule has 3 aliphatic rings. The van der Waals surface area contributed by atoms with E-state index in [1.54, 1.807) is 36.4 Å². The number of esters is 1. The van der Waals surface area contributed by atoms with Crippen LogP contribution in [0.3, 0.4) is 0 Å². The number of ether oxygens (including phenoxy) is 1. The number of benzene rings is 2. The Labute approximate surface area is 188 Å². The number of rotatable bonds is 5. The lowest BCUT2D eigenvalue weighted by Crippen LogP contribution is -2.32.